The third kappa shape index (κ3) is 3.42. The molecule has 0 spiro atoms. The highest BCUT2D eigenvalue weighted by atomic mass is 79.9. The first-order valence-corrected chi connectivity index (χ1v) is 7.03. The fourth-order valence-electron chi connectivity index (χ4n) is 1.78. The van der Waals surface area contributed by atoms with Gasteiger partial charge in [-0.1, -0.05) is 12.1 Å². The number of rotatable bonds is 5. The number of phenols is 1. The van der Waals surface area contributed by atoms with E-state index < -0.39 is 5.82 Å². The summed E-state index contributed by atoms with van der Waals surface area (Å²) in [6.07, 6.45) is 0. The molecule has 0 radical (unpaired) electrons. The van der Waals surface area contributed by atoms with Crippen LogP contribution in [0.1, 0.15) is 12.5 Å². The van der Waals surface area contributed by atoms with Crippen molar-refractivity contribution >= 4 is 21.6 Å². The second-order valence-electron chi connectivity index (χ2n) is 4.18. The molecule has 0 saturated carbocycles. The summed E-state index contributed by atoms with van der Waals surface area (Å²) in [6, 6.07) is 10.1. The van der Waals surface area contributed by atoms with E-state index in [9.17, 15) is 9.50 Å². The molecule has 0 aliphatic heterocycles. The van der Waals surface area contributed by atoms with Gasteiger partial charge in [-0.3, -0.25) is 0 Å². The molecule has 0 atom stereocenters. The molecule has 2 rings (SSSR count). The summed E-state index contributed by atoms with van der Waals surface area (Å²) >= 11 is 3.26. The molecule has 0 aromatic heterocycles. The highest BCUT2D eigenvalue weighted by Crippen LogP contribution is 2.28. The molecule has 20 heavy (non-hydrogen) atoms. The lowest BCUT2D eigenvalue weighted by Gasteiger charge is -2.11. The summed E-state index contributed by atoms with van der Waals surface area (Å²) in [4.78, 5) is 0. The van der Waals surface area contributed by atoms with Crippen molar-refractivity contribution in [2.45, 2.75) is 13.5 Å². The van der Waals surface area contributed by atoms with Crippen LogP contribution in [0.25, 0.3) is 0 Å². The molecule has 0 fully saturated rings. The number of hydrogen-bond donors (Lipinski definition) is 2. The zero-order chi connectivity index (χ0) is 14.5. The van der Waals surface area contributed by atoms with Crippen molar-refractivity contribution in [2.75, 3.05) is 11.9 Å². The fraction of sp³-hybridized carbons (Fsp3) is 0.200. The maximum Gasteiger partial charge on any atom is 0.167 e. The third-order valence-corrected chi connectivity index (χ3v) is 3.42. The van der Waals surface area contributed by atoms with Gasteiger partial charge in [-0.15, -0.1) is 0 Å². The van der Waals surface area contributed by atoms with Gasteiger partial charge in [0.05, 0.1) is 11.1 Å². The minimum atomic E-state index is -0.407. The molecule has 0 amide bonds. The number of para-hydroxylation sites is 1. The smallest absolute Gasteiger partial charge is 0.167 e. The lowest BCUT2D eigenvalue weighted by Crippen LogP contribution is -2.01. The zero-order valence-electron chi connectivity index (χ0n) is 11.0. The third-order valence-electron chi connectivity index (χ3n) is 2.79. The predicted molar refractivity (Wildman–Crippen MR) is 80.7 cm³/mol. The topological polar surface area (TPSA) is 41.5 Å². The molecule has 2 aromatic carbocycles. The minimum Gasteiger partial charge on any atom is -0.506 e. The summed E-state index contributed by atoms with van der Waals surface area (Å²) in [5.41, 5.74) is 1.36. The van der Waals surface area contributed by atoms with Crippen LogP contribution in [0, 0.1) is 5.82 Å². The number of halogens is 2. The van der Waals surface area contributed by atoms with Crippen molar-refractivity contribution in [2.24, 2.45) is 0 Å². The van der Waals surface area contributed by atoms with E-state index in [0.717, 1.165) is 5.56 Å². The molecule has 0 aliphatic carbocycles. The monoisotopic (exact) mass is 339 g/mol. The van der Waals surface area contributed by atoms with Gasteiger partial charge in [0.15, 0.2) is 11.6 Å². The van der Waals surface area contributed by atoms with Crippen LogP contribution >= 0.6 is 15.9 Å². The lowest BCUT2D eigenvalue weighted by atomic mass is 10.2. The van der Waals surface area contributed by atoms with E-state index in [2.05, 4.69) is 21.2 Å². The molecule has 2 aromatic rings. The molecule has 0 saturated heterocycles. The van der Waals surface area contributed by atoms with E-state index in [1.807, 2.05) is 13.0 Å². The number of ether oxygens (including phenoxy) is 1. The maximum absolute atomic E-state index is 13.7. The van der Waals surface area contributed by atoms with E-state index in [0.29, 0.717) is 23.3 Å². The average molecular weight is 340 g/mol. The van der Waals surface area contributed by atoms with Gasteiger partial charge in [-0.2, -0.15) is 0 Å². The van der Waals surface area contributed by atoms with Crippen LogP contribution in [-0.2, 0) is 6.54 Å². The quantitative estimate of drug-likeness (QED) is 0.853. The molecule has 0 heterocycles. The largest absolute Gasteiger partial charge is 0.506 e. The lowest BCUT2D eigenvalue weighted by molar-refractivity contribution is 0.321. The number of hydrogen-bond acceptors (Lipinski definition) is 3. The van der Waals surface area contributed by atoms with Crippen molar-refractivity contribution in [3.05, 3.63) is 52.3 Å². The van der Waals surface area contributed by atoms with Gasteiger partial charge in [0.1, 0.15) is 5.75 Å². The van der Waals surface area contributed by atoms with E-state index in [4.69, 9.17) is 4.74 Å². The number of phenolic OH excluding ortho intramolecular Hbond substituents is 1. The Morgan fingerprint density at radius 2 is 2.10 bits per heavy atom. The molecule has 3 nitrogen and oxygen atoms in total. The van der Waals surface area contributed by atoms with Gasteiger partial charge < -0.3 is 15.2 Å². The van der Waals surface area contributed by atoms with Crippen LogP contribution in [0.5, 0.6) is 11.5 Å². The number of benzene rings is 2. The summed E-state index contributed by atoms with van der Waals surface area (Å²) in [5.74, 6) is 0.0186. The molecule has 0 unspecified atom stereocenters. The standard InChI is InChI=1S/C15H15BrFNO2/c1-2-20-14-7-6-11(8-13(14)17)18-9-10-4-3-5-12(16)15(10)19/h3-8,18-19H,2,9H2,1H3. The molecule has 0 aliphatic rings. The van der Waals surface area contributed by atoms with Gasteiger partial charge in [-0.25, -0.2) is 4.39 Å². The van der Waals surface area contributed by atoms with Crippen molar-refractivity contribution in [3.63, 3.8) is 0 Å². The van der Waals surface area contributed by atoms with Crippen LogP contribution < -0.4 is 10.1 Å². The van der Waals surface area contributed by atoms with Crippen molar-refractivity contribution in [3.8, 4) is 11.5 Å². The van der Waals surface area contributed by atoms with Crippen LogP contribution in [-0.4, -0.2) is 11.7 Å². The first-order valence-electron chi connectivity index (χ1n) is 6.24. The Bertz CT molecular complexity index is 604. The van der Waals surface area contributed by atoms with Gasteiger partial charge >= 0.3 is 0 Å². The molecule has 2 N–H and O–H groups in total. The zero-order valence-corrected chi connectivity index (χ0v) is 12.6. The maximum atomic E-state index is 13.7. The SMILES string of the molecule is CCOc1ccc(NCc2cccc(Br)c2O)cc1F. The van der Waals surface area contributed by atoms with Crippen molar-refractivity contribution in [1.29, 1.82) is 0 Å². The van der Waals surface area contributed by atoms with E-state index in [1.165, 1.54) is 6.07 Å². The normalized spacial score (nSPS) is 10.3. The minimum absolute atomic E-state index is 0.186. The average Bonchev–Trinajstić information content (AvgIpc) is 2.43. The van der Waals surface area contributed by atoms with E-state index >= 15 is 0 Å². The molecule has 0 bridgehead atoms. The highest BCUT2D eigenvalue weighted by Gasteiger charge is 2.06. The molecular weight excluding hydrogens is 325 g/mol. The van der Waals surface area contributed by atoms with Crippen LogP contribution in [0.2, 0.25) is 0 Å². The Labute approximate surface area is 125 Å². The van der Waals surface area contributed by atoms with Crippen LogP contribution in [0.15, 0.2) is 40.9 Å². The first kappa shape index (κ1) is 14.7. The van der Waals surface area contributed by atoms with Gasteiger partial charge in [-0.05, 0) is 41.1 Å². The van der Waals surface area contributed by atoms with Crippen molar-refractivity contribution in [1.82, 2.24) is 0 Å². The number of anilines is 1. The fourth-order valence-corrected chi connectivity index (χ4v) is 2.19. The van der Waals surface area contributed by atoms with Gasteiger partial charge in [0.2, 0.25) is 0 Å². The van der Waals surface area contributed by atoms with Crippen LogP contribution in [0.4, 0.5) is 10.1 Å². The van der Waals surface area contributed by atoms with Crippen LogP contribution in [0.3, 0.4) is 0 Å². The molecule has 5 heteroatoms. The second-order valence-corrected chi connectivity index (χ2v) is 5.03. The first-order chi connectivity index (χ1) is 9.61. The summed E-state index contributed by atoms with van der Waals surface area (Å²) in [5, 5.41) is 12.9. The number of aromatic hydroxyl groups is 1. The second kappa shape index (κ2) is 6.61. The van der Waals surface area contributed by atoms with Crippen molar-refractivity contribution < 1.29 is 14.2 Å². The summed E-state index contributed by atoms with van der Waals surface area (Å²) < 4.78 is 19.5. The van der Waals surface area contributed by atoms with E-state index in [-0.39, 0.29) is 11.5 Å². The highest BCUT2D eigenvalue weighted by molar-refractivity contribution is 9.10. The Kier molecular flexibility index (Phi) is 4.84. The van der Waals surface area contributed by atoms with Gasteiger partial charge in [0, 0.05) is 23.9 Å². The molecular formula is C15H15BrFNO2. The Hall–Kier alpha value is -1.75. The number of nitrogens with one attached hydrogen (secondary N) is 1. The molecule has 106 valence electrons. The summed E-state index contributed by atoms with van der Waals surface area (Å²) in [7, 11) is 0. The Balaban J connectivity index is 2.07. The predicted octanol–water partition coefficient (Wildman–Crippen LogP) is 4.30. The summed E-state index contributed by atoms with van der Waals surface area (Å²) in [6.45, 7) is 2.63. The Morgan fingerprint density at radius 3 is 2.80 bits per heavy atom. The Morgan fingerprint density at radius 1 is 1.30 bits per heavy atom. The van der Waals surface area contributed by atoms with Gasteiger partial charge in [0.25, 0.3) is 0 Å². The van der Waals surface area contributed by atoms with E-state index in [1.54, 1.807) is 24.3 Å².